The zero-order chi connectivity index (χ0) is 87.7. The fourth-order valence-electron chi connectivity index (χ4n) is 10.2. The molecule has 0 rings (SSSR count). The van der Waals surface area contributed by atoms with Gasteiger partial charge < -0.3 is 37.9 Å². The van der Waals surface area contributed by atoms with Crippen LogP contribution >= 0.6 is 0 Å². The average molecular weight is 1570 g/mol. The Balaban J connectivity index is -0.000000181. The summed E-state index contributed by atoms with van der Waals surface area (Å²) in [4.78, 5) is 107. The molecule has 0 aromatic carbocycles. The maximum Gasteiger partial charge on any atom is 0.326 e. The molecule has 110 heavy (non-hydrogen) atoms. The molecule has 0 aromatic heterocycles. The van der Waals surface area contributed by atoms with E-state index in [0.717, 1.165) is 128 Å². The van der Waals surface area contributed by atoms with Gasteiger partial charge >= 0.3 is 47.8 Å². The first-order valence-electron chi connectivity index (χ1n) is 38.1. The zero-order valence-corrected chi connectivity index (χ0v) is 75.5. The molecule has 24 nitrogen and oxygen atoms in total. The summed E-state index contributed by atoms with van der Waals surface area (Å²) in [5, 5.41) is 0. The van der Waals surface area contributed by atoms with Crippen molar-refractivity contribution < 1.29 is 76.3 Å². The highest BCUT2D eigenvalue weighted by molar-refractivity contribution is 5.82. The first-order valence-corrected chi connectivity index (χ1v) is 38.1. The lowest BCUT2D eigenvalue weighted by Gasteiger charge is -2.33. The Morgan fingerprint density at radius 1 is 0.264 bits per heavy atom. The summed E-state index contributed by atoms with van der Waals surface area (Å²) in [6.45, 7) is 40.6. The highest BCUT2D eigenvalue weighted by Gasteiger charge is 2.40. The molecule has 0 aromatic rings. The van der Waals surface area contributed by atoms with Gasteiger partial charge in [0.15, 0.2) is 0 Å². The van der Waals surface area contributed by atoms with Gasteiger partial charge in [0.05, 0.1) is 56.9 Å². The average Bonchev–Trinajstić information content (AvgIpc) is 0.872. The van der Waals surface area contributed by atoms with Crippen molar-refractivity contribution in [2.45, 2.75) is 241 Å². The van der Waals surface area contributed by atoms with E-state index in [1.54, 1.807) is 18.2 Å². The number of unbranched alkanes of at least 4 members (excludes halogenated alkanes) is 10. The molecule has 644 valence electrons. The van der Waals surface area contributed by atoms with E-state index in [-0.39, 0.29) is 59.8 Å². The zero-order valence-electron chi connectivity index (χ0n) is 75.5. The van der Waals surface area contributed by atoms with Gasteiger partial charge in [0.1, 0.15) is 45.3 Å². The van der Waals surface area contributed by atoms with Gasteiger partial charge in [-0.15, -0.1) is 52.6 Å². The van der Waals surface area contributed by atoms with Gasteiger partial charge in [-0.05, 0) is 270 Å². The largest absolute Gasteiger partial charge is 0.468 e. The Labute approximate surface area is 672 Å². The Bertz CT molecular complexity index is 2560. The summed E-state index contributed by atoms with van der Waals surface area (Å²) in [7, 11) is 41.5. The summed E-state index contributed by atoms with van der Waals surface area (Å²) in [6, 6.07) is -0.342. The molecule has 0 fully saturated rings. The second kappa shape index (κ2) is 69.1. The Morgan fingerprint density at radius 3 is 0.736 bits per heavy atom. The lowest BCUT2D eigenvalue weighted by atomic mass is 9.92. The number of likely N-dealkylation sites (N-methyl/N-ethyl adjacent to an activating group) is 8. The van der Waals surface area contributed by atoms with Crippen LogP contribution in [0.4, 0.5) is 0 Å². The van der Waals surface area contributed by atoms with E-state index in [2.05, 4.69) is 62.1 Å². The van der Waals surface area contributed by atoms with E-state index in [9.17, 15) is 38.4 Å². The predicted octanol–water partition coefficient (Wildman–Crippen LogP) is 13.9. The third kappa shape index (κ3) is 49.7. The lowest BCUT2D eigenvalue weighted by molar-refractivity contribution is -0.154. The van der Waals surface area contributed by atoms with Gasteiger partial charge in [-0.2, -0.15) is 0 Å². The van der Waals surface area contributed by atoms with Crippen LogP contribution in [0.5, 0.6) is 0 Å². The van der Waals surface area contributed by atoms with E-state index in [4.69, 9.17) is 28.4 Å². The van der Waals surface area contributed by atoms with Gasteiger partial charge in [-0.3, -0.25) is 77.6 Å². The summed E-state index contributed by atoms with van der Waals surface area (Å²) < 4.78 is 38.1. The fourth-order valence-corrected chi connectivity index (χ4v) is 10.2. The molecule has 0 spiro atoms. The van der Waals surface area contributed by atoms with E-state index in [1.807, 2.05) is 224 Å². The third-order valence-corrected chi connectivity index (χ3v) is 20.1. The van der Waals surface area contributed by atoms with Crippen LogP contribution in [0.2, 0.25) is 0 Å². The molecule has 0 N–H and O–H groups in total. The number of hydrogen-bond donors (Lipinski definition) is 0. The van der Waals surface area contributed by atoms with E-state index < -0.39 is 33.2 Å². The van der Waals surface area contributed by atoms with E-state index >= 15 is 0 Å². The van der Waals surface area contributed by atoms with Crippen LogP contribution in [0.3, 0.4) is 0 Å². The summed E-state index contributed by atoms with van der Waals surface area (Å²) in [5.74, 6) is -1.45. The molecule has 0 unspecified atom stereocenters. The van der Waals surface area contributed by atoms with Crippen molar-refractivity contribution in [3.8, 4) is 0 Å². The van der Waals surface area contributed by atoms with Crippen LogP contribution in [-0.2, 0) is 76.3 Å². The molecule has 0 heterocycles. The third-order valence-electron chi connectivity index (χ3n) is 20.1. The molecular weight excluding hydrogens is 1400 g/mol. The summed E-state index contributed by atoms with van der Waals surface area (Å²) >= 11 is 0. The molecule has 0 amide bonds. The van der Waals surface area contributed by atoms with Crippen molar-refractivity contribution in [2.24, 2.45) is 0 Å². The van der Waals surface area contributed by atoms with Crippen molar-refractivity contribution >= 4 is 47.8 Å². The molecule has 0 aliphatic carbocycles. The van der Waals surface area contributed by atoms with Crippen molar-refractivity contribution in [3.05, 3.63) is 101 Å². The fraction of sp³-hybridized carbons (Fsp3) is 0.721. The number of nitrogens with zero attached hydrogens (tertiary/aromatic N) is 8. The number of esters is 8. The van der Waals surface area contributed by atoms with Crippen molar-refractivity contribution in [1.29, 1.82) is 0 Å². The quantitative estimate of drug-likeness (QED) is 0.0238. The van der Waals surface area contributed by atoms with Crippen molar-refractivity contribution in [3.63, 3.8) is 0 Å². The highest BCUT2D eigenvalue weighted by atomic mass is 16.6. The highest BCUT2D eigenvalue weighted by Crippen LogP contribution is 2.27. The SMILES string of the molecule is C=CCCCCCC[C@](C)(C(=O)OC)N(C)C.C=CCCCCC[C@](C)(C(=O)OC)N(C)C.C=CCCCC[C@](C)(C(=O)OC)N(C)C.C=CCCC[C@](C)(C(=O)OC)N(C)C.C=CCC[C@H](C(=O)OC)N(C)C.C=CCC[C@](C)(C(=O)OC)N(C)C.C=CC[C@H](C(=O)OC)N(C)C.C=CC[C@](C)(C(=O)OC)N(C)C. The van der Waals surface area contributed by atoms with Gasteiger partial charge in [-0.25, -0.2) is 0 Å². The summed E-state index contributed by atoms with van der Waals surface area (Å²) in [6.07, 6.45) is 37.4. The van der Waals surface area contributed by atoms with Gasteiger partial charge in [0.2, 0.25) is 0 Å². The number of ether oxygens (including phenoxy) is 8. The molecule has 8 atom stereocenters. The molecule has 0 aliphatic rings. The molecule has 24 heteroatoms. The van der Waals surface area contributed by atoms with Crippen LogP contribution in [0.25, 0.3) is 0 Å². The second-order valence-corrected chi connectivity index (χ2v) is 29.5. The number of hydrogen-bond acceptors (Lipinski definition) is 24. The van der Waals surface area contributed by atoms with Crippen LogP contribution in [0.15, 0.2) is 101 Å². The van der Waals surface area contributed by atoms with Crippen LogP contribution in [-0.4, -0.2) is 302 Å². The number of carbonyl (C=O) groups is 8. The normalized spacial score (nSPS) is 14.4. The van der Waals surface area contributed by atoms with Gasteiger partial charge in [-0.1, -0.05) is 87.1 Å². The number of allylic oxidation sites excluding steroid dienone is 6. The smallest absolute Gasteiger partial charge is 0.326 e. The monoisotopic (exact) mass is 1570 g/mol. The number of methoxy groups -OCH3 is 8. The number of rotatable bonds is 48. The Hall–Kier alpha value is -6.64. The molecule has 0 bridgehead atoms. The Kier molecular flexibility index (Phi) is 74.8. The maximum atomic E-state index is 11.8. The minimum Gasteiger partial charge on any atom is -0.468 e. The number of carbonyl (C=O) groups excluding carboxylic acids is 8. The minimum absolute atomic E-state index is 0.145. The maximum absolute atomic E-state index is 11.8. The first kappa shape index (κ1) is 119. The molecule has 0 aliphatic heterocycles. The lowest BCUT2D eigenvalue weighted by Crippen LogP contribution is -2.49. The van der Waals surface area contributed by atoms with E-state index in [1.165, 1.54) is 69.7 Å². The Morgan fingerprint density at radius 2 is 0.491 bits per heavy atom. The van der Waals surface area contributed by atoms with E-state index in [0.29, 0.717) is 12.8 Å². The molecule has 0 radical (unpaired) electrons. The summed E-state index contributed by atoms with van der Waals surface area (Å²) in [5.41, 5.74) is -3.14. The van der Waals surface area contributed by atoms with Crippen LogP contribution < -0.4 is 0 Å². The first-order chi connectivity index (χ1) is 51.2. The van der Waals surface area contributed by atoms with Gasteiger partial charge in [0, 0.05) is 0 Å². The molecular formula is C86H164N8O16. The van der Waals surface area contributed by atoms with Crippen molar-refractivity contribution in [1.82, 2.24) is 39.2 Å². The second-order valence-electron chi connectivity index (χ2n) is 29.5. The minimum atomic E-state index is -0.587. The van der Waals surface area contributed by atoms with Crippen LogP contribution in [0.1, 0.15) is 196 Å². The predicted molar refractivity (Wildman–Crippen MR) is 456 cm³/mol. The van der Waals surface area contributed by atoms with Gasteiger partial charge in [0.25, 0.3) is 0 Å². The van der Waals surface area contributed by atoms with Crippen LogP contribution in [0, 0.1) is 0 Å². The molecule has 0 saturated heterocycles. The van der Waals surface area contributed by atoms with Crippen molar-refractivity contribution in [2.75, 3.05) is 170 Å². The standard InChI is InChI=1S/C14H27NO2.C13H25NO2.C12H23NO2.C11H21NO2.C10H19NO2.2C9H17NO2.C8H15NO2/c1-6-7-8-9-10-11-12-14(2,15(3)4)13(16)17-5;1-6-7-8-9-10-11-13(2,14(3)4)12(15)16-5;1-6-7-8-9-10-12(2,13(3)4)11(14)15-5;1-6-7-8-9-11(2,12(3)4)10(13)14-5;1-6-7-8-10(2,11(3)4)9(12)13-5;1-6-7-9(2,10(3)4)8(11)12-5;1-5-6-7-8(10(2)3)9(11)12-4;1-5-6-7(9(2)3)8(10)11-4/h6H,1,7-12H2,2-5H3;6H,1,7-11H2,2-5H3;6H,1,7-10H2,2-5H3;6H,1,7-9H2,2-5H3;6H,1,7-8H2,2-5H3;6H,1,7H2,2-5H3;5,8H,1,6-7H2,2-4H3;5,7H,1,6H2,2-4H3/t14-;13-;12-;11-;10-;9-;8-;7-/m11111111/s1. The molecule has 0 saturated carbocycles. The topological polar surface area (TPSA) is 236 Å².